The van der Waals surface area contributed by atoms with Crippen LogP contribution in [0.4, 0.5) is 11.6 Å². The van der Waals surface area contributed by atoms with E-state index in [2.05, 4.69) is 14.9 Å². The average molecular weight is 304 g/mol. The second kappa shape index (κ2) is 5.87. The highest BCUT2D eigenvalue weighted by Gasteiger charge is 2.20. The van der Waals surface area contributed by atoms with Gasteiger partial charge in [0.2, 0.25) is 5.95 Å². The van der Waals surface area contributed by atoms with Crippen molar-refractivity contribution >= 4 is 23.2 Å². The largest absolute Gasteiger partial charge is 0.368 e. The number of benzene rings is 1. The molecule has 3 rings (SSSR count). The van der Waals surface area contributed by atoms with Gasteiger partial charge in [-0.05, 0) is 25.0 Å². The summed E-state index contributed by atoms with van der Waals surface area (Å²) in [6.07, 6.45) is 3.75. The molecule has 1 aliphatic heterocycles. The molecule has 1 aliphatic rings. The first kappa shape index (κ1) is 14.1. The standard InChI is InChI=1S/C15H18ClN5/c16-11-3-1-10(2-4-11)14-13(9-19-15(18)20-14)21-7-5-12(17)6-8-21/h1-4,9,12H,5-8,17H2,(H2,18,19,20). The van der Waals surface area contributed by atoms with Crippen LogP contribution in [0.2, 0.25) is 5.02 Å². The molecule has 1 aromatic carbocycles. The van der Waals surface area contributed by atoms with Crippen LogP contribution in [0.3, 0.4) is 0 Å². The van der Waals surface area contributed by atoms with Gasteiger partial charge in [0.1, 0.15) is 0 Å². The summed E-state index contributed by atoms with van der Waals surface area (Å²) in [7, 11) is 0. The lowest BCUT2D eigenvalue weighted by Crippen LogP contribution is -2.40. The maximum Gasteiger partial charge on any atom is 0.220 e. The predicted octanol–water partition coefficient (Wildman–Crippen LogP) is 2.31. The molecule has 5 nitrogen and oxygen atoms in total. The SMILES string of the molecule is Nc1ncc(N2CCC(N)CC2)c(-c2ccc(Cl)cc2)n1. The zero-order chi connectivity index (χ0) is 14.8. The van der Waals surface area contributed by atoms with Crippen LogP contribution >= 0.6 is 11.6 Å². The summed E-state index contributed by atoms with van der Waals surface area (Å²) in [5.41, 5.74) is 14.6. The molecule has 2 heterocycles. The molecule has 1 saturated heterocycles. The number of nitrogens with zero attached hydrogens (tertiary/aromatic N) is 3. The van der Waals surface area contributed by atoms with Crippen LogP contribution in [-0.4, -0.2) is 29.1 Å². The lowest BCUT2D eigenvalue weighted by molar-refractivity contribution is 0.501. The van der Waals surface area contributed by atoms with Gasteiger partial charge in [0.25, 0.3) is 0 Å². The van der Waals surface area contributed by atoms with Crippen molar-refractivity contribution in [1.29, 1.82) is 0 Å². The van der Waals surface area contributed by atoms with E-state index in [-0.39, 0.29) is 12.0 Å². The van der Waals surface area contributed by atoms with Crippen molar-refractivity contribution in [3.8, 4) is 11.3 Å². The molecule has 6 heteroatoms. The number of hydrogen-bond acceptors (Lipinski definition) is 5. The highest BCUT2D eigenvalue weighted by molar-refractivity contribution is 6.30. The van der Waals surface area contributed by atoms with Gasteiger partial charge in [-0.2, -0.15) is 0 Å². The van der Waals surface area contributed by atoms with E-state index in [0.717, 1.165) is 42.9 Å². The molecule has 1 fully saturated rings. The number of piperidine rings is 1. The quantitative estimate of drug-likeness (QED) is 0.890. The maximum absolute atomic E-state index is 5.97. The summed E-state index contributed by atoms with van der Waals surface area (Å²) in [5.74, 6) is 0.275. The average Bonchev–Trinajstić information content (AvgIpc) is 2.49. The molecular formula is C15H18ClN5. The summed E-state index contributed by atoms with van der Waals surface area (Å²) in [6, 6.07) is 7.89. The fraction of sp³-hybridized carbons (Fsp3) is 0.333. The van der Waals surface area contributed by atoms with Crippen molar-refractivity contribution < 1.29 is 0 Å². The fourth-order valence-corrected chi connectivity index (χ4v) is 2.71. The zero-order valence-electron chi connectivity index (χ0n) is 11.7. The Labute approximate surface area is 128 Å². The Morgan fingerprint density at radius 1 is 1.14 bits per heavy atom. The third kappa shape index (κ3) is 3.09. The van der Waals surface area contributed by atoms with Crippen molar-refractivity contribution in [2.75, 3.05) is 23.7 Å². The van der Waals surface area contributed by atoms with E-state index in [1.54, 1.807) is 6.20 Å². The second-order valence-electron chi connectivity index (χ2n) is 5.29. The monoisotopic (exact) mass is 303 g/mol. The number of aromatic nitrogens is 2. The Hall–Kier alpha value is -1.85. The molecule has 21 heavy (non-hydrogen) atoms. The Morgan fingerprint density at radius 2 is 1.81 bits per heavy atom. The maximum atomic E-state index is 5.97. The van der Waals surface area contributed by atoms with E-state index >= 15 is 0 Å². The van der Waals surface area contributed by atoms with Gasteiger partial charge >= 0.3 is 0 Å². The third-order valence-electron chi connectivity index (χ3n) is 3.79. The lowest BCUT2D eigenvalue weighted by atomic mass is 10.0. The van der Waals surface area contributed by atoms with Crippen LogP contribution < -0.4 is 16.4 Å². The first-order valence-corrected chi connectivity index (χ1v) is 7.40. The minimum Gasteiger partial charge on any atom is -0.368 e. The van der Waals surface area contributed by atoms with Crippen LogP contribution in [0.25, 0.3) is 11.3 Å². The number of rotatable bonds is 2. The first-order valence-electron chi connectivity index (χ1n) is 7.02. The van der Waals surface area contributed by atoms with Gasteiger partial charge in [-0.15, -0.1) is 0 Å². The number of hydrogen-bond donors (Lipinski definition) is 2. The minimum absolute atomic E-state index is 0.275. The Morgan fingerprint density at radius 3 is 2.48 bits per heavy atom. The Balaban J connectivity index is 1.99. The van der Waals surface area contributed by atoms with E-state index in [9.17, 15) is 0 Å². The molecule has 0 aliphatic carbocycles. The van der Waals surface area contributed by atoms with Crippen LogP contribution in [0.5, 0.6) is 0 Å². The molecule has 0 unspecified atom stereocenters. The van der Waals surface area contributed by atoms with Crippen LogP contribution in [0, 0.1) is 0 Å². The number of nitrogens with two attached hydrogens (primary N) is 2. The molecule has 1 aromatic heterocycles. The van der Waals surface area contributed by atoms with Crippen molar-refractivity contribution in [1.82, 2.24) is 9.97 Å². The van der Waals surface area contributed by atoms with Crippen LogP contribution in [0.1, 0.15) is 12.8 Å². The summed E-state index contributed by atoms with van der Waals surface area (Å²) >= 11 is 5.95. The lowest BCUT2D eigenvalue weighted by Gasteiger charge is -2.32. The summed E-state index contributed by atoms with van der Waals surface area (Å²) in [4.78, 5) is 10.8. The Bertz CT molecular complexity index is 620. The van der Waals surface area contributed by atoms with E-state index in [1.807, 2.05) is 24.3 Å². The van der Waals surface area contributed by atoms with E-state index < -0.39 is 0 Å². The van der Waals surface area contributed by atoms with Crippen molar-refractivity contribution in [2.24, 2.45) is 5.73 Å². The van der Waals surface area contributed by atoms with Crippen molar-refractivity contribution in [3.05, 3.63) is 35.5 Å². The van der Waals surface area contributed by atoms with Crippen LogP contribution in [0.15, 0.2) is 30.5 Å². The van der Waals surface area contributed by atoms with Crippen LogP contribution in [-0.2, 0) is 0 Å². The topological polar surface area (TPSA) is 81.1 Å². The third-order valence-corrected chi connectivity index (χ3v) is 4.04. The summed E-state index contributed by atoms with van der Waals surface area (Å²) in [5, 5.41) is 0.700. The van der Waals surface area contributed by atoms with E-state index in [1.165, 1.54) is 0 Å². The molecule has 0 amide bonds. The van der Waals surface area contributed by atoms with Gasteiger partial charge < -0.3 is 16.4 Å². The molecule has 0 atom stereocenters. The minimum atomic E-state index is 0.275. The number of nitrogen functional groups attached to an aromatic ring is 1. The van der Waals surface area contributed by atoms with Gasteiger partial charge in [-0.1, -0.05) is 23.7 Å². The van der Waals surface area contributed by atoms with Gasteiger partial charge in [-0.25, -0.2) is 9.97 Å². The molecule has 2 aromatic rings. The molecule has 0 spiro atoms. The molecule has 0 saturated carbocycles. The number of anilines is 2. The molecule has 110 valence electrons. The first-order chi connectivity index (χ1) is 10.1. The summed E-state index contributed by atoms with van der Waals surface area (Å²) < 4.78 is 0. The van der Waals surface area contributed by atoms with Gasteiger partial charge in [0, 0.05) is 29.7 Å². The zero-order valence-corrected chi connectivity index (χ0v) is 12.4. The molecule has 0 radical (unpaired) electrons. The van der Waals surface area contributed by atoms with Crippen molar-refractivity contribution in [2.45, 2.75) is 18.9 Å². The van der Waals surface area contributed by atoms with Gasteiger partial charge in [0.05, 0.1) is 17.6 Å². The normalized spacial score (nSPS) is 16.2. The van der Waals surface area contributed by atoms with E-state index in [0.29, 0.717) is 5.02 Å². The summed E-state index contributed by atoms with van der Waals surface area (Å²) in [6.45, 7) is 1.82. The van der Waals surface area contributed by atoms with Crippen molar-refractivity contribution in [3.63, 3.8) is 0 Å². The smallest absolute Gasteiger partial charge is 0.220 e. The van der Waals surface area contributed by atoms with Gasteiger partial charge in [-0.3, -0.25) is 0 Å². The fourth-order valence-electron chi connectivity index (χ4n) is 2.58. The highest BCUT2D eigenvalue weighted by Crippen LogP contribution is 2.31. The van der Waals surface area contributed by atoms with E-state index in [4.69, 9.17) is 23.1 Å². The predicted molar refractivity (Wildman–Crippen MR) is 86.3 cm³/mol. The Kier molecular flexibility index (Phi) is 3.94. The number of halogens is 1. The second-order valence-corrected chi connectivity index (χ2v) is 5.73. The molecule has 0 bridgehead atoms. The molecular weight excluding hydrogens is 286 g/mol. The highest BCUT2D eigenvalue weighted by atomic mass is 35.5. The molecule has 4 N–H and O–H groups in total. The van der Waals surface area contributed by atoms with Gasteiger partial charge in [0.15, 0.2) is 0 Å².